The summed E-state index contributed by atoms with van der Waals surface area (Å²) in [4.78, 5) is 50.2. The molecule has 0 saturated carbocycles. The van der Waals surface area contributed by atoms with Gasteiger partial charge in [-0.25, -0.2) is 0 Å². The number of thioether (sulfide) groups is 1. The second-order valence-corrected chi connectivity index (χ2v) is 15.0. The molecular formula is C41H47N3O6S. The monoisotopic (exact) mass is 709 g/mol. The average molecular weight is 710 g/mol. The van der Waals surface area contributed by atoms with Crippen LogP contribution in [0, 0.1) is 17.8 Å². The molecule has 6 rings (SSSR count). The van der Waals surface area contributed by atoms with E-state index in [1.165, 1.54) is 0 Å². The van der Waals surface area contributed by atoms with E-state index in [4.69, 9.17) is 9.47 Å². The maximum atomic E-state index is 15.2. The maximum Gasteiger partial charge on any atom is 0.251 e. The Balaban J connectivity index is 1.45. The van der Waals surface area contributed by atoms with Crippen LogP contribution in [0.3, 0.4) is 0 Å². The lowest BCUT2D eigenvalue weighted by Gasteiger charge is -2.42. The Morgan fingerprint density at radius 1 is 0.961 bits per heavy atom. The minimum atomic E-state index is -0.931. The van der Waals surface area contributed by atoms with Crippen LogP contribution in [-0.2, 0) is 20.8 Å². The summed E-state index contributed by atoms with van der Waals surface area (Å²) in [5, 5.41) is 10.8. The molecule has 3 amide bonds. The fourth-order valence-electron chi connectivity index (χ4n) is 8.43. The van der Waals surface area contributed by atoms with Crippen LogP contribution in [0.25, 0.3) is 0 Å². The van der Waals surface area contributed by atoms with Gasteiger partial charge in [0.15, 0.2) is 0 Å². The van der Waals surface area contributed by atoms with Gasteiger partial charge < -0.3 is 29.3 Å². The number of benzene rings is 3. The van der Waals surface area contributed by atoms with Gasteiger partial charge in [-0.1, -0.05) is 49.4 Å². The van der Waals surface area contributed by atoms with Crippen LogP contribution in [0.1, 0.15) is 25.8 Å². The highest BCUT2D eigenvalue weighted by atomic mass is 32.2. The predicted molar refractivity (Wildman–Crippen MR) is 202 cm³/mol. The van der Waals surface area contributed by atoms with Crippen LogP contribution in [0.4, 0.5) is 11.4 Å². The van der Waals surface area contributed by atoms with Crippen LogP contribution in [0.5, 0.6) is 11.5 Å². The topological polar surface area (TPSA) is 99.6 Å². The van der Waals surface area contributed by atoms with E-state index in [1.54, 1.807) is 57.9 Å². The molecule has 0 aliphatic carbocycles. The smallest absolute Gasteiger partial charge is 0.251 e. The molecule has 7 atom stereocenters. The van der Waals surface area contributed by atoms with Crippen LogP contribution >= 0.6 is 11.8 Å². The van der Waals surface area contributed by atoms with Crippen molar-refractivity contribution in [1.29, 1.82) is 0 Å². The number of anilines is 2. The van der Waals surface area contributed by atoms with Gasteiger partial charge in [0.05, 0.1) is 42.9 Å². The van der Waals surface area contributed by atoms with Crippen molar-refractivity contribution in [3.63, 3.8) is 0 Å². The lowest BCUT2D eigenvalue weighted by atomic mass is 9.65. The first-order chi connectivity index (χ1) is 24.7. The molecule has 51 heavy (non-hydrogen) atoms. The quantitative estimate of drug-likeness (QED) is 0.200. The third-order valence-corrected chi connectivity index (χ3v) is 12.7. The van der Waals surface area contributed by atoms with Crippen LogP contribution in [0.15, 0.2) is 104 Å². The van der Waals surface area contributed by atoms with E-state index in [-0.39, 0.29) is 48.6 Å². The third-order valence-electron chi connectivity index (χ3n) is 10.6. The van der Waals surface area contributed by atoms with E-state index in [9.17, 15) is 9.90 Å². The van der Waals surface area contributed by atoms with Gasteiger partial charge in [0.25, 0.3) is 5.91 Å². The number of likely N-dealkylation sites (tertiary alicyclic amines) is 1. The Morgan fingerprint density at radius 2 is 1.55 bits per heavy atom. The first-order valence-electron chi connectivity index (χ1n) is 17.6. The third kappa shape index (κ3) is 6.44. The zero-order valence-electron chi connectivity index (χ0n) is 29.5. The summed E-state index contributed by atoms with van der Waals surface area (Å²) in [6.45, 7) is 12.5. The standard InChI is InChI=1S/C41H47N3O6S/c1-6-22-42(29-16-20-33(21-17-29)50-8-3)38(46)35-34-24-27(4)41(51-34)36(35)39(47)44(31(26-45)25-28-12-10-9-11-13-28)37(41)40(48)43(23-7-2)30-14-18-32(49-5)19-15-30/h6-7,9-21,27,31,34-37,45H,1-2,8,22-26H2,3-5H3/t27?,31-,34-,35+,36+,37?,41?/m1/s1. The molecule has 0 radical (unpaired) electrons. The molecule has 3 unspecified atom stereocenters. The molecule has 1 N–H and O–H groups in total. The van der Waals surface area contributed by atoms with E-state index >= 15 is 9.59 Å². The normalized spacial score (nSPS) is 25.2. The average Bonchev–Trinajstić information content (AvgIpc) is 3.75. The molecule has 2 bridgehead atoms. The first-order valence-corrected chi connectivity index (χ1v) is 18.5. The summed E-state index contributed by atoms with van der Waals surface area (Å²) in [6.07, 6.45) is 4.40. The molecule has 3 aliphatic rings. The summed E-state index contributed by atoms with van der Waals surface area (Å²) in [6, 6.07) is 22.7. The molecule has 3 saturated heterocycles. The molecule has 3 heterocycles. The van der Waals surface area contributed by atoms with E-state index in [2.05, 4.69) is 20.1 Å². The zero-order valence-corrected chi connectivity index (χ0v) is 30.3. The molecule has 3 fully saturated rings. The van der Waals surface area contributed by atoms with E-state index < -0.39 is 28.7 Å². The number of aliphatic hydroxyl groups is 1. The summed E-state index contributed by atoms with van der Waals surface area (Å²) in [5.41, 5.74) is 2.26. The van der Waals surface area contributed by atoms with Gasteiger partial charge in [-0.3, -0.25) is 14.4 Å². The van der Waals surface area contributed by atoms with E-state index in [0.29, 0.717) is 42.3 Å². The lowest BCUT2D eigenvalue weighted by molar-refractivity contribution is -0.141. The number of hydrogen-bond donors (Lipinski definition) is 1. The Labute approximate surface area is 304 Å². The van der Waals surface area contributed by atoms with Crippen molar-refractivity contribution in [1.82, 2.24) is 4.90 Å². The van der Waals surface area contributed by atoms with E-state index in [0.717, 1.165) is 5.56 Å². The Bertz CT molecular complexity index is 1730. The van der Waals surface area contributed by atoms with Crippen LogP contribution < -0.4 is 19.3 Å². The Kier molecular flexibility index (Phi) is 10.9. The number of carbonyl (C=O) groups excluding carboxylic acids is 3. The number of methoxy groups -OCH3 is 1. The highest BCUT2D eigenvalue weighted by Crippen LogP contribution is 2.69. The molecule has 9 nitrogen and oxygen atoms in total. The minimum Gasteiger partial charge on any atom is -0.497 e. The summed E-state index contributed by atoms with van der Waals surface area (Å²) in [5.74, 6) is -0.825. The molecule has 3 aromatic rings. The fraction of sp³-hybridized carbons (Fsp3) is 0.390. The van der Waals surface area contributed by atoms with Crippen LogP contribution in [-0.4, -0.2) is 83.2 Å². The highest BCUT2D eigenvalue weighted by molar-refractivity contribution is 8.02. The van der Waals surface area contributed by atoms with Crippen molar-refractivity contribution in [3.05, 3.63) is 110 Å². The number of carbonyl (C=O) groups is 3. The number of nitrogens with zero attached hydrogens (tertiary/aromatic N) is 3. The van der Waals surface area contributed by atoms with Gasteiger partial charge >= 0.3 is 0 Å². The van der Waals surface area contributed by atoms with Crippen LogP contribution in [0.2, 0.25) is 0 Å². The molecular weight excluding hydrogens is 663 g/mol. The van der Waals surface area contributed by atoms with Crippen molar-refractivity contribution < 1.29 is 29.0 Å². The van der Waals surface area contributed by atoms with Gasteiger partial charge in [-0.15, -0.1) is 24.9 Å². The minimum absolute atomic E-state index is 0.0553. The summed E-state index contributed by atoms with van der Waals surface area (Å²) in [7, 11) is 1.59. The highest BCUT2D eigenvalue weighted by Gasteiger charge is 2.77. The Morgan fingerprint density at radius 3 is 2.10 bits per heavy atom. The molecule has 1 spiro atoms. The number of ether oxygens (including phenoxy) is 2. The lowest BCUT2D eigenvalue weighted by Crippen LogP contribution is -2.59. The van der Waals surface area contributed by atoms with Gasteiger partial charge in [0.2, 0.25) is 11.8 Å². The number of amides is 3. The zero-order chi connectivity index (χ0) is 36.3. The predicted octanol–water partition coefficient (Wildman–Crippen LogP) is 5.77. The summed E-state index contributed by atoms with van der Waals surface area (Å²) >= 11 is 1.62. The number of fused-ring (bicyclic) bond motifs is 1. The van der Waals surface area contributed by atoms with Gasteiger partial charge in [-0.05, 0) is 79.8 Å². The van der Waals surface area contributed by atoms with Gasteiger partial charge in [0.1, 0.15) is 17.5 Å². The van der Waals surface area contributed by atoms with Crippen molar-refractivity contribution in [3.8, 4) is 11.5 Å². The fourth-order valence-corrected chi connectivity index (χ4v) is 10.8. The molecule has 268 valence electrons. The van der Waals surface area contributed by atoms with Crippen molar-refractivity contribution in [2.24, 2.45) is 17.8 Å². The van der Waals surface area contributed by atoms with E-state index in [1.807, 2.05) is 73.7 Å². The maximum absolute atomic E-state index is 15.2. The molecule has 0 aromatic heterocycles. The van der Waals surface area contributed by atoms with Gasteiger partial charge in [-0.2, -0.15) is 0 Å². The molecule has 3 aliphatic heterocycles. The van der Waals surface area contributed by atoms with Gasteiger partial charge in [0, 0.05) is 29.7 Å². The van der Waals surface area contributed by atoms with Crippen molar-refractivity contribution in [2.75, 3.05) is 43.2 Å². The van der Waals surface area contributed by atoms with Crippen molar-refractivity contribution in [2.45, 2.75) is 48.8 Å². The molecule has 3 aromatic carbocycles. The summed E-state index contributed by atoms with van der Waals surface area (Å²) < 4.78 is 10.1. The molecule has 10 heteroatoms. The SMILES string of the molecule is C=CCN(C(=O)C1N([C@@H](CO)Cc2ccccc2)C(=O)[C@@H]2[C@@H](C(=O)N(CC=C)c3ccc(OCC)cc3)[C@H]3CC(C)C12S3)c1ccc(OC)cc1. The second-order valence-electron chi connectivity index (χ2n) is 13.4. The van der Waals surface area contributed by atoms with Crippen molar-refractivity contribution >= 4 is 40.9 Å². The number of rotatable bonds is 15. The number of hydrogen-bond acceptors (Lipinski definition) is 7. The largest absolute Gasteiger partial charge is 0.497 e. The Hall–Kier alpha value is -4.54. The first kappa shape index (κ1) is 36.3. The number of aliphatic hydroxyl groups excluding tert-OH is 1. The second kappa shape index (κ2) is 15.4.